The zero-order valence-corrected chi connectivity index (χ0v) is 23.4. The van der Waals surface area contributed by atoms with E-state index in [1.165, 1.54) is 0 Å². The molecule has 0 aliphatic carbocycles. The highest BCUT2D eigenvalue weighted by molar-refractivity contribution is 5.77. The van der Waals surface area contributed by atoms with Crippen LogP contribution in [0.5, 0.6) is 0 Å². The lowest BCUT2D eigenvalue weighted by molar-refractivity contribution is -0.251. The molecule has 5 atom stereocenters. The molecule has 0 aromatic heterocycles. The molecular formula is C35H36O7. The molecule has 5 rings (SSSR count). The number of hydrogen-bond donors (Lipinski definition) is 1. The van der Waals surface area contributed by atoms with Crippen molar-refractivity contribution in [2.75, 3.05) is 6.61 Å². The fourth-order valence-corrected chi connectivity index (χ4v) is 4.91. The van der Waals surface area contributed by atoms with Crippen molar-refractivity contribution in [3.63, 3.8) is 0 Å². The van der Waals surface area contributed by atoms with Gasteiger partial charge >= 0.3 is 5.97 Å². The fourth-order valence-electron chi connectivity index (χ4n) is 4.91. The number of cyclic esters (lactones) is 1. The maximum atomic E-state index is 13.5. The number of esters is 1. The number of rotatable bonds is 14. The number of ether oxygens (including phenoxy) is 5. The quantitative estimate of drug-likeness (QED) is 0.208. The van der Waals surface area contributed by atoms with Gasteiger partial charge in [-0.15, -0.1) is 0 Å². The van der Waals surface area contributed by atoms with Crippen molar-refractivity contribution in [3.05, 3.63) is 144 Å². The van der Waals surface area contributed by atoms with E-state index in [1.54, 1.807) is 0 Å². The van der Waals surface area contributed by atoms with Crippen LogP contribution in [0.3, 0.4) is 0 Å². The minimum atomic E-state index is -1.06. The molecular weight excluding hydrogens is 532 g/mol. The van der Waals surface area contributed by atoms with E-state index >= 15 is 0 Å². The topological polar surface area (TPSA) is 83.5 Å². The molecule has 218 valence electrons. The molecule has 0 radical (unpaired) electrons. The summed E-state index contributed by atoms with van der Waals surface area (Å²) in [6, 6.07) is 38.7. The Morgan fingerprint density at radius 2 is 0.976 bits per heavy atom. The summed E-state index contributed by atoms with van der Waals surface area (Å²) in [6.45, 7) is 0.519. The van der Waals surface area contributed by atoms with Crippen molar-refractivity contribution in [2.24, 2.45) is 0 Å². The summed E-state index contributed by atoms with van der Waals surface area (Å²) in [5.74, 6) is -0.588. The zero-order chi connectivity index (χ0) is 29.0. The zero-order valence-electron chi connectivity index (χ0n) is 23.4. The van der Waals surface area contributed by atoms with E-state index in [9.17, 15) is 9.90 Å². The molecule has 42 heavy (non-hydrogen) atoms. The van der Waals surface area contributed by atoms with Gasteiger partial charge in [-0.05, 0) is 22.3 Å². The van der Waals surface area contributed by atoms with Crippen LogP contribution in [0.15, 0.2) is 121 Å². The molecule has 1 N–H and O–H groups in total. The Labute approximate surface area is 246 Å². The van der Waals surface area contributed by atoms with E-state index in [1.807, 2.05) is 121 Å². The Morgan fingerprint density at radius 3 is 1.43 bits per heavy atom. The molecule has 0 spiro atoms. The third kappa shape index (κ3) is 8.12. The fraction of sp³-hybridized carbons (Fsp3) is 0.286. The molecule has 4 aromatic rings. The summed E-state index contributed by atoms with van der Waals surface area (Å²) in [6.07, 6.45) is -4.47. The third-order valence-corrected chi connectivity index (χ3v) is 7.13. The Kier molecular flexibility index (Phi) is 10.9. The SMILES string of the molecule is O=C1OC([C@@H](CO)OCc2ccccc2)[C@@H](OCc2ccccc2)C(OCc2ccccc2)C1OCc1ccccc1. The second-order valence-corrected chi connectivity index (χ2v) is 10.2. The second kappa shape index (κ2) is 15.4. The largest absolute Gasteiger partial charge is 0.455 e. The lowest BCUT2D eigenvalue weighted by Crippen LogP contribution is -2.62. The highest BCUT2D eigenvalue weighted by Crippen LogP contribution is 2.30. The van der Waals surface area contributed by atoms with Crippen molar-refractivity contribution in [1.29, 1.82) is 0 Å². The van der Waals surface area contributed by atoms with Gasteiger partial charge in [0, 0.05) is 0 Å². The molecule has 0 saturated carbocycles. The van der Waals surface area contributed by atoms with Gasteiger partial charge in [0.1, 0.15) is 18.3 Å². The van der Waals surface area contributed by atoms with Gasteiger partial charge in [-0.25, -0.2) is 4.79 Å². The van der Waals surface area contributed by atoms with Gasteiger partial charge in [0.15, 0.2) is 12.2 Å². The van der Waals surface area contributed by atoms with Crippen LogP contribution in [-0.4, -0.2) is 48.2 Å². The average Bonchev–Trinajstić information content (AvgIpc) is 3.05. The number of carbonyl (C=O) groups excluding carboxylic acids is 1. The van der Waals surface area contributed by atoms with Gasteiger partial charge in [-0.2, -0.15) is 0 Å². The normalized spacial score (nSPS) is 21.0. The molecule has 7 nitrogen and oxygen atoms in total. The molecule has 1 aliphatic heterocycles. The maximum Gasteiger partial charge on any atom is 0.338 e. The first-order chi connectivity index (χ1) is 20.7. The Morgan fingerprint density at radius 1 is 0.571 bits per heavy atom. The Balaban J connectivity index is 1.42. The molecule has 1 aliphatic rings. The number of benzene rings is 4. The van der Waals surface area contributed by atoms with Gasteiger partial charge in [0.25, 0.3) is 0 Å². The number of aliphatic hydroxyl groups is 1. The first kappa shape index (κ1) is 29.6. The summed E-state index contributed by atoms with van der Waals surface area (Å²) in [5.41, 5.74) is 3.73. The van der Waals surface area contributed by atoms with Crippen molar-refractivity contribution in [1.82, 2.24) is 0 Å². The van der Waals surface area contributed by atoms with E-state index in [4.69, 9.17) is 23.7 Å². The molecule has 4 aromatic carbocycles. The smallest absolute Gasteiger partial charge is 0.338 e. The first-order valence-electron chi connectivity index (χ1n) is 14.1. The van der Waals surface area contributed by atoms with Gasteiger partial charge in [-0.3, -0.25) is 0 Å². The van der Waals surface area contributed by atoms with Gasteiger partial charge in [-0.1, -0.05) is 121 Å². The van der Waals surface area contributed by atoms with Crippen LogP contribution < -0.4 is 0 Å². The summed E-state index contributed by atoms with van der Waals surface area (Å²) >= 11 is 0. The predicted octanol–water partition coefficient (Wildman–Crippen LogP) is 5.25. The summed E-state index contributed by atoms with van der Waals surface area (Å²) < 4.78 is 31.2. The predicted molar refractivity (Wildman–Crippen MR) is 157 cm³/mol. The highest BCUT2D eigenvalue weighted by atomic mass is 16.6. The van der Waals surface area contributed by atoms with Crippen LogP contribution >= 0.6 is 0 Å². The van der Waals surface area contributed by atoms with E-state index in [-0.39, 0.29) is 33.0 Å². The van der Waals surface area contributed by atoms with Crippen molar-refractivity contribution in [2.45, 2.75) is 56.9 Å². The molecule has 0 bridgehead atoms. The van der Waals surface area contributed by atoms with Crippen molar-refractivity contribution < 1.29 is 33.6 Å². The van der Waals surface area contributed by atoms with E-state index in [0.29, 0.717) is 0 Å². The average molecular weight is 569 g/mol. The minimum absolute atomic E-state index is 0.190. The van der Waals surface area contributed by atoms with Crippen LogP contribution in [0.25, 0.3) is 0 Å². The highest BCUT2D eigenvalue weighted by Gasteiger charge is 2.51. The van der Waals surface area contributed by atoms with Crippen LogP contribution in [0, 0.1) is 0 Å². The number of carbonyl (C=O) groups is 1. The first-order valence-corrected chi connectivity index (χ1v) is 14.1. The molecule has 0 amide bonds. The number of hydrogen-bond acceptors (Lipinski definition) is 7. The van der Waals surface area contributed by atoms with Crippen LogP contribution in [0.4, 0.5) is 0 Å². The molecule has 1 fully saturated rings. The lowest BCUT2D eigenvalue weighted by atomic mass is 9.94. The minimum Gasteiger partial charge on any atom is -0.455 e. The molecule has 7 heteroatoms. The summed E-state index contributed by atoms with van der Waals surface area (Å²) in [7, 11) is 0. The van der Waals surface area contributed by atoms with Crippen LogP contribution in [-0.2, 0) is 54.9 Å². The van der Waals surface area contributed by atoms with Crippen LogP contribution in [0.1, 0.15) is 22.3 Å². The van der Waals surface area contributed by atoms with E-state index < -0.39 is 36.5 Å². The Bertz CT molecular complexity index is 1340. The summed E-state index contributed by atoms with van der Waals surface area (Å²) in [5, 5.41) is 10.4. The standard InChI is InChI=1S/C35H36O7/c36-21-30(38-22-26-13-5-1-6-14-26)31-32(39-23-27-15-7-2-8-16-27)33(40-24-28-17-9-3-10-18-28)34(35(37)42-31)41-25-29-19-11-4-12-20-29/h1-20,30-34,36H,21-25H2/t30-,31?,32-,33?,34?/m1/s1. The Hall–Kier alpha value is -3.85. The van der Waals surface area contributed by atoms with Gasteiger partial charge in [0.2, 0.25) is 0 Å². The lowest BCUT2D eigenvalue weighted by Gasteiger charge is -2.43. The number of aliphatic hydroxyl groups excluding tert-OH is 1. The van der Waals surface area contributed by atoms with Crippen molar-refractivity contribution >= 4 is 5.97 Å². The van der Waals surface area contributed by atoms with E-state index in [2.05, 4.69) is 0 Å². The third-order valence-electron chi connectivity index (χ3n) is 7.13. The van der Waals surface area contributed by atoms with Crippen LogP contribution in [0.2, 0.25) is 0 Å². The maximum absolute atomic E-state index is 13.5. The van der Waals surface area contributed by atoms with E-state index in [0.717, 1.165) is 22.3 Å². The monoisotopic (exact) mass is 568 g/mol. The van der Waals surface area contributed by atoms with Gasteiger partial charge in [0.05, 0.1) is 33.0 Å². The summed E-state index contributed by atoms with van der Waals surface area (Å²) in [4.78, 5) is 13.5. The second-order valence-electron chi connectivity index (χ2n) is 10.2. The van der Waals surface area contributed by atoms with Crippen molar-refractivity contribution in [3.8, 4) is 0 Å². The molecule has 1 heterocycles. The molecule has 3 unspecified atom stereocenters. The molecule has 1 saturated heterocycles. The van der Waals surface area contributed by atoms with Gasteiger partial charge < -0.3 is 28.8 Å².